The molecule has 1 saturated heterocycles. The maximum absolute atomic E-state index is 13.1. The Bertz CT molecular complexity index is 1250. The van der Waals surface area contributed by atoms with E-state index in [0.29, 0.717) is 23.8 Å². The van der Waals surface area contributed by atoms with Gasteiger partial charge in [0.05, 0.1) is 28.5 Å². The van der Waals surface area contributed by atoms with Crippen LogP contribution in [0.25, 0.3) is 11.3 Å². The lowest BCUT2D eigenvalue weighted by atomic mass is 9.90. The van der Waals surface area contributed by atoms with Gasteiger partial charge in [-0.05, 0) is 68.6 Å². The van der Waals surface area contributed by atoms with Crippen molar-refractivity contribution < 1.29 is 9.59 Å². The average Bonchev–Trinajstić information content (AvgIpc) is 3.18. The van der Waals surface area contributed by atoms with Gasteiger partial charge >= 0.3 is 6.03 Å². The number of nitrogens with two attached hydrogens (primary N) is 1. The second kappa shape index (κ2) is 10.4. The number of nitrogens with one attached hydrogen (secondary N) is 1. The second-order valence-corrected chi connectivity index (χ2v) is 10.2. The molecule has 0 atom stereocenters. The highest BCUT2D eigenvalue weighted by molar-refractivity contribution is 6.36. The summed E-state index contributed by atoms with van der Waals surface area (Å²) in [6, 6.07) is 17.6. The molecule has 7 nitrogen and oxygen atoms in total. The molecule has 36 heavy (non-hydrogen) atoms. The number of amides is 3. The van der Waals surface area contributed by atoms with E-state index >= 15 is 0 Å². The Balaban J connectivity index is 1.28. The molecule has 3 aromatic rings. The zero-order valence-corrected chi connectivity index (χ0v) is 21.3. The van der Waals surface area contributed by atoms with Gasteiger partial charge < -0.3 is 25.4 Å². The highest BCUT2D eigenvalue weighted by atomic mass is 35.5. The number of halogens is 1. The SMILES string of the molecule is CN1CCC(Cc2ccc(NC(=O)N3CCn4c(c(C(N)=O)c(Cl)c4-c4ccccc4)C3)cc2)CC1. The smallest absolute Gasteiger partial charge is 0.322 e. The summed E-state index contributed by atoms with van der Waals surface area (Å²) in [4.78, 5) is 29.5. The van der Waals surface area contributed by atoms with Gasteiger partial charge in [-0.25, -0.2) is 4.79 Å². The lowest BCUT2D eigenvalue weighted by Gasteiger charge is -2.30. The lowest BCUT2D eigenvalue weighted by Crippen LogP contribution is -2.41. The number of piperidine rings is 1. The molecule has 0 saturated carbocycles. The van der Waals surface area contributed by atoms with Crippen LogP contribution < -0.4 is 11.1 Å². The van der Waals surface area contributed by atoms with Gasteiger partial charge in [0.1, 0.15) is 0 Å². The first-order valence-electron chi connectivity index (χ1n) is 12.5. The number of hydrogen-bond acceptors (Lipinski definition) is 3. The molecule has 8 heteroatoms. The summed E-state index contributed by atoms with van der Waals surface area (Å²) in [7, 11) is 2.18. The summed E-state index contributed by atoms with van der Waals surface area (Å²) in [6.45, 7) is 3.59. The van der Waals surface area contributed by atoms with E-state index in [4.69, 9.17) is 17.3 Å². The zero-order valence-electron chi connectivity index (χ0n) is 20.5. The summed E-state index contributed by atoms with van der Waals surface area (Å²) in [6.07, 6.45) is 3.54. The summed E-state index contributed by atoms with van der Waals surface area (Å²) in [5.74, 6) is 0.131. The summed E-state index contributed by atoms with van der Waals surface area (Å²) < 4.78 is 2.01. The third kappa shape index (κ3) is 4.99. The number of nitrogens with zero attached hydrogens (tertiary/aromatic N) is 3. The number of likely N-dealkylation sites (tertiary alicyclic amines) is 1. The molecular weight excluding hydrogens is 474 g/mol. The van der Waals surface area contributed by atoms with Crippen LogP contribution in [0.5, 0.6) is 0 Å². The van der Waals surface area contributed by atoms with Crippen LogP contribution >= 0.6 is 11.6 Å². The minimum absolute atomic E-state index is 0.210. The van der Waals surface area contributed by atoms with Crippen LogP contribution in [0.3, 0.4) is 0 Å². The first-order chi connectivity index (χ1) is 17.4. The third-order valence-corrected chi connectivity index (χ3v) is 7.76. The average molecular weight is 506 g/mol. The third-order valence-electron chi connectivity index (χ3n) is 7.39. The largest absolute Gasteiger partial charge is 0.365 e. The van der Waals surface area contributed by atoms with Crippen LogP contribution in [0, 0.1) is 5.92 Å². The highest BCUT2D eigenvalue weighted by Gasteiger charge is 2.31. The number of carbonyl (C=O) groups excluding carboxylic acids is 2. The predicted octanol–water partition coefficient (Wildman–Crippen LogP) is 4.84. The molecule has 2 aliphatic rings. The van der Waals surface area contributed by atoms with Crippen LogP contribution in [0.15, 0.2) is 54.6 Å². The van der Waals surface area contributed by atoms with Gasteiger partial charge in [-0.1, -0.05) is 54.1 Å². The normalized spacial score (nSPS) is 16.6. The molecule has 3 heterocycles. The highest BCUT2D eigenvalue weighted by Crippen LogP contribution is 2.38. The predicted molar refractivity (Wildman–Crippen MR) is 143 cm³/mol. The Hall–Kier alpha value is -3.29. The van der Waals surface area contributed by atoms with E-state index in [1.54, 1.807) is 4.90 Å². The number of hydrogen-bond donors (Lipinski definition) is 2. The van der Waals surface area contributed by atoms with Gasteiger partial charge in [0.15, 0.2) is 0 Å². The molecule has 0 aliphatic carbocycles. The number of carbonyl (C=O) groups is 2. The second-order valence-electron chi connectivity index (χ2n) is 9.87. The Morgan fingerprint density at radius 1 is 1.00 bits per heavy atom. The van der Waals surface area contributed by atoms with Crippen molar-refractivity contribution in [2.45, 2.75) is 32.4 Å². The van der Waals surface area contributed by atoms with Crippen LogP contribution in [0.4, 0.5) is 10.5 Å². The van der Waals surface area contributed by atoms with Gasteiger partial charge in [-0.3, -0.25) is 4.79 Å². The van der Waals surface area contributed by atoms with E-state index in [-0.39, 0.29) is 18.1 Å². The fraction of sp³-hybridized carbons (Fsp3) is 0.357. The fourth-order valence-electron chi connectivity index (χ4n) is 5.35. The van der Waals surface area contributed by atoms with E-state index < -0.39 is 5.91 Å². The topological polar surface area (TPSA) is 83.6 Å². The number of urea groups is 1. The standard InChI is InChI=1S/C28H32ClN5O2/c1-32-13-11-20(12-14-32)17-19-7-9-22(10-8-19)31-28(36)33-15-16-34-23(18-33)24(27(30)35)25(29)26(34)21-5-3-2-4-6-21/h2-10,20H,11-18H2,1H3,(H2,30,35)(H,31,36). The van der Waals surface area contributed by atoms with E-state index in [1.165, 1.54) is 18.4 Å². The van der Waals surface area contributed by atoms with Crippen molar-refractivity contribution in [2.24, 2.45) is 11.7 Å². The molecule has 3 amide bonds. The number of aromatic nitrogens is 1. The fourth-order valence-corrected chi connectivity index (χ4v) is 5.77. The maximum Gasteiger partial charge on any atom is 0.322 e. The Morgan fingerprint density at radius 2 is 1.69 bits per heavy atom. The van der Waals surface area contributed by atoms with Crippen molar-refractivity contribution in [1.29, 1.82) is 0 Å². The molecule has 0 radical (unpaired) electrons. The first-order valence-corrected chi connectivity index (χ1v) is 12.9. The zero-order chi connectivity index (χ0) is 25.2. The van der Waals surface area contributed by atoms with E-state index in [1.807, 2.05) is 47.0 Å². The maximum atomic E-state index is 13.1. The van der Waals surface area contributed by atoms with E-state index in [0.717, 1.165) is 42.4 Å². The van der Waals surface area contributed by atoms with Crippen molar-refractivity contribution in [3.63, 3.8) is 0 Å². The summed E-state index contributed by atoms with van der Waals surface area (Å²) in [5, 5.41) is 3.34. The van der Waals surface area contributed by atoms with Crippen molar-refractivity contribution in [3.05, 3.63) is 76.4 Å². The molecule has 3 N–H and O–H groups in total. The van der Waals surface area contributed by atoms with Crippen molar-refractivity contribution >= 4 is 29.2 Å². The molecule has 1 fully saturated rings. The molecule has 0 bridgehead atoms. The summed E-state index contributed by atoms with van der Waals surface area (Å²) >= 11 is 6.66. The first kappa shape index (κ1) is 24.4. The molecule has 2 aliphatic heterocycles. The van der Waals surface area contributed by atoms with Gasteiger partial charge in [0, 0.05) is 18.8 Å². The molecule has 1 aromatic heterocycles. The number of benzene rings is 2. The number of fused-ring (bicyclic) bond motifs is 1. The number of anilines is 1. The van der Waals surface area contributed by atoms with Crippen molar-refractivity contribution in [1.82, 2.24) is 14.4 Å². The minimum atomic E-state index is -0.589. The lowest BCUT2D eigenvalue weighted by molar-refractivity contribution is 0.0997. The monoisotopic (exact) mass is 505 g/mol. The van der Waals surface area contributed by atoms with Gasteiger partial charge in [0.25, 0.3) is 5.91 Å². The van der Waals surface area contributed by atoms with Gasteiger partial charge in [-0.2, -0.15) is 0 Å². The van der Waals surface area contributed by atoms with Crippen LogP contribution in [-0.2, 0) is 19.5 Å². The molecule has 2 aromatic carbocycles. The molecule has 5 rings (SSSR count). The minimum Gasteiger partial charge on any atom is -0.365 e. The molecular formula is C28H32ClN5O2. The molecule has 188 valence electrons. The van der Waals surface area contributed by atoms with E-state index in [2.05, 4.69) is 29.4 Å². The van der Waals surface area contributed by atoms with Crippen LogP contribution in [-0.4, -0.2) is 53.0 Å². The quantitative estimate of drug-likeness (QED) is 0.520. The number of rotatable bonds is 5. The van der Waals surface area contributed by atoms with Gasteiger partial charge in [0.2, 0.25) is 0 Å². The molecule has 0 unspecified atom stereocenters. The van der Waals surface area contributed by atoms with Crippen molar-refractivity contribution in [3.8, 4) is 11.3 Å². The molecule has 0 spiro atoms. The van der Waals surface area contributed by atoms with Gasteiger partial charge in [-0.15, -0.1) is 0 Å². The Labute approximate surface area is 216 Å². The Kier molecular flexibility index (Phi) is 7.03. The Morgan fingerprint density at radius 3 is 2.36 bits per heavy atom. The van der Waals surface area contributed by atoms with Crippen LogP contribution in [0.1, 0.15) is 34.5 Å². The van der Waals surface area contributed by atoms with E-state index in [9.17, 15) is 9.59 Å². The number of primary amides is 1. The van der Waals surface area contributed by atoms with Crippen LogP contribution in [0.2, 0.25) is 5.02 Å². The van der Waals surface area contributed by atoms with Crippen molar-refractivity contribution in [2.75, 3.05) is 32.0 Å². The summed E-state index contributed by atoms with van der Waals surface area (Å²) in [5.41, 5.74) is 10.4.